The molecule has 0 radical (unpaired) electrons. The van der Waals surface area contributed by atoms with Gasteiger partial charge in [0.2, 0.25) is 0 Å². The van der Waals surface area contributed by atoms with Crippen molar-refractivity contribution in [2.45, 2.75) is 25.7 Å². The molecule has 1 aromatic carbocycles. The summed E-state index contributed by atoms with van der Waals surface area (Å²) in [7, 11) is 0. The van der Waals surface area contributed by atoms with Crippen LogP contribution in [0.1, 0.15) is 36.0 Å². The van der Waals surface area contributed by atoms with Gasteiger partial charge in [0, 0.05) is 17.8 Å². The van der Waals surface area contributed by atoms with Crippen LogP contribution in [0.2, 0.25) is 0 Å². The maximum absolute atomic E-state index is 11.8. The number of amides is 1. The number of thioether (sulfide) groups is 1. The van der Waals surface area contributed by atoms with E-state index in [-0.39, 0.29) is 5.91 Å². The lowest BCUT2D eigenvalue weighted by molar-refractivity contribution is 0.0953. The van der Waals surface area contributed by atoms with Gasteiger partial charge in [0.15, 0.2) is 0 Å². The van der Waals surface area contributed by atoms with Gasteiger partial charge in [0.1, 0.15) is 0 Å². The van der Waals surface area contributed by atoms with Gasteiger partial charge in [-0.3, -0.25) is 4.79 Å². The number of nitrogens with two attached hydrogens (primary N) is 1. The summed E-state index contributed by atoms with van der Waals surface area (Å²) < 4.78 is 0. The number of carbonyl (C=O) groups excluding carboxylic acids is 1. The van der Waals surface area contributed by atoms with Crippen LogP contribution in [0.4, 0.5) is 5.69 Å². The number of hydrogen-bond acceptors (Lipinski definition) is 3. The Labute approximate surface area is 114 Å². The van der Waals surface area contributed by atoms with Crippen molar-refractivity contribution >= 4 is 23.4 Å². The Balaban J connectivity index is 2.14. The van der Waals surface area contributed by atoms with Gasteiger partial charge in [-0.1, -0.05) is 18.9 Å². The number of unbranched alkanes of at least 4 members (excludes halogenated alkanes) is 3. The molecule has 4 heteroatoms. The topological polar surface area (TPSA) is 55.1 Å². The molecule has 0 atom stereocenters. The van der Waals surface area contributed by atoms with Crippen LogP contribution < -0.4 is 11.1 Å². The van der Waals surface area contributed by atoms with E-state index in [1.165, 1.54) is 25.0 Å². The summed E-state index contributed by atoms with van der Waals surface area (Å²) >= 11 is 1.89. The Morgan fingerprint density at radius 1 is 1.28 bits per heavy atom. The van der Waals surface area contributed by atoms with Gasteiger partial charge in [-0.2, -0.15) is 11.8 Å². The van der Waals surface area contributed by atoms with Crippen LogP contribution >= 0.6 is 11.8 Å². The maximum atomic E-state index is 11.8. The van der Waals surface area contributed by atoms with E-state index >= 15 is 0 Å². The van der Waals surface area contributed by atoms with Gasteiger partial charge < -0.3 is 11.1 Å². The van der Waals surface area contributed by atoms with Crippen molar-refractivity contribution in [3.63, 3.8) is 0 Å². The minimum absolute atomic E-state index is 0.0357. The van der Waals surface area contributed by atoms with Crippen molar-refractivity contribution in [3.8, 4) is 0 Å². The zero-order valence-corrected chi connectivity index (χ0v) is 11.8. The summed E-state index contributed by atoms with van der Waals surface area (Å²) in [5, 5.41) is 2.92. The molecule has 0 heterocycles. The van der Waals surface area contributed by atoms with Crippen LogP contribution in [0.25, 0.3) is 0 Å². The average molecular weight is 266 g/mol. The summed E-state index contributed by atoms with van der Waals surface area (Å²) in [6.07, 6.45) is 6.87. The summed E-state index contributed by atoms with van der Waals surface area (Å²) in [6.45, 7) is 0.743. The minimum atomic E-state index is -0.0357. The second-order valence-electron chi connectivity index (χ2n) is 4.29. The first-order chi connectivity index (χ1) is 8.74. The molecule has 0 spiro atoms. The monoisotopic (exact) mass is 266 g/mol. The third-order valence-corrected chi connectivity index (χ3v) is 3.41. The Kier molecular flexibility index (Phi) is 7.34. The van der Waals surface area contributed by atoms with Gasteiger partial charge in [0.25, 0.3) is 5.91 Å². The molecular weight excluding hydrogens is 244 g/mol. The Hall–Kier alpha value is -1.16. The zero-order valence-electron chi connectivity index (χ0n) is 10.9. The highest BCUT2D eigenvalue weighted by atomic mass is 32.2. The molecule has 0 aliphatic carbocycles. The van der Waals surface area contributed by atoms with Gasteiger partial charge in [0.05, 0.1) is 0 Å². The van der Waals surface area contributed by atoms with Crippen molar-refractivity contribution in [2.75, 3.05) is 24.3 Å². The first kappa shape index (κ1) is 14.9. The first-order valence-electron chi connectivity index (χ1n) is 6.36. The highest BCUT2D eigenvalue weighted by Gasteiger charge is 2.03. The first-order valence-corrected chi connectivity index (χ1v) is 7.76. The van der Waals surface area contributed by atoms with Gasteiger partial charge in [-0.05, 0) is 43.0 Å². The second kappa shape index (κ2) is 8.86. The Morgan fingerprint density at radius 2 is 2.06 bits per heavy atom. The van der Waals surface area contributed by atoms with E-state index in [0.29, 0.717) is 11.3 Å². The fourth-order valence-electron chi connectivity index (χ4n) is 1.71. The number of benzene rings is 1. The number of nitrogen functional groups attached to an aromatic ring is 1. The van der Waals surface area contributed by atoms with Crippen molar-refractivity contribution in [1.29, 1.82) is 0 Å². The van der Waals surface area contributed by atoms with Crippen LogP contribution in [0.15, 0.2) is 24.3 Å². The van der Waals surface area contributed by atoms with E-state index in [2.05, 4.69) is 11.6 Å². The third kappa shape index (κ3) is 5.96. The van der Waals surface area contributed by atoms with Gasteiger partial charge >= 0.3 is 0 Å². The number of rotatable bonds is 8. The van der Waals surface area contributed by atoms with E-state index in [1.807, 2.05) is 11.8 Å². The van der Waals surface area contributed by atoms with Crippen molar-refractivity contribution in [3.05, 3.63) is 29.8 Å². The molecule has 0 saturated carbocycles. The molecule has 0 aliphatic heterocycles. The lowest BCUT2D eigenvalue weighted by atomic mass is 10.2. The van der Waals surface area contributed by atoms with E-state index in [0.717, 1.165) is 13.0 Å². The molecule has 0 aliphatic rings. The molecule has 18 heavy (non-hydrogen) atoms. The summed E-state index contributed by atoms with van der Waals surface area (Å²) in [5.41, 5.74) is 6.90. The van der Waals surface area contributed by atoms with E-state index < -0.39 is 0 Å². The van der Waals surface area contributed by atoms with Crippen LogP contribution in [0, 0.1) is 0 Å². The van der Waals surface area contributed by atoms with Crippen molar-refractivity contribution < 1.29 is 4.79 Å². The van der Waals surface area contributed by atoms with Crippen LogP contribution in [-0.2, 0) is 0 Å². The van der Waals surface area contributed by atoms with E-state index in [1.54, 1.807) is 24.3 Å². The molecule has 0 fully saturated rings. The predicted octanol–water partition coefficient (Wildman–Crippen LogP) is 2.92. The molecule has 0 bridgehead atoms. The molecule has 3 N–H and O–H groups in total. The van der Waals surface area contributed by atoms with Gasteiger partial charge in [-0.25, -0.2) is 0 Å². The lowest BCUT2D eigenvalue weighted by Gasteiger charge is -2.05. The lowest BCUT2D eigenvalue weighted by Crippen LogP contribution is -2.24. The summed E-state index contributed by atoms with van der Waals surface area (Å²) in [6, 6.07) is 7.06. The van der Waals surface area contributed by atoms with Crippen LogP contribution in [0.5, 0.6) is 0 Å². The number of carbonyl (C=O) groups is 1. The normalized spacial score (nSPS) is 10.3. The highest BCUT2D eigenvalue weighted by molar-refractivity contribution is 7.98. The van der Waals surface area contributed by atoms with E-state index in [9.17, 15) is 4.79 Å². The highest BCUT2D eigenvalue weighted by Crippen LogP contribution is 2.07. The number of hydrogen-bond donors (Lipinski definition) is 2. The van der Waals surface area contributed by atoms with Crippen LogP contribution in [0.3, 0.4) is 0 Å². The maximum Gasteiger partial charge on any atom is 0.251 e. The zero-order chi connectivity index (χ0) is 13.2. The molecule has 0 saturated heterocycles. The molecule has 0 aromatic heterocycles. The second-order valence-corrected chi connectivity index (χ2v) is 5.27. The van der Waals surface area contributed by atoms with Gasteiger partial charge in [-0.15, -0.1) is 0 Å². The molecule has 0 unspecified atom stereocenters. The molecule has 1 amide bonds. The van der Waals surface area contributed by atoms with Crippen LogP contribution in [-0.4, -0.2) is 24.5 Å². The summed E-state index contributed by atoms with van der Waals surface area (Å²) in [5.74, 6) is 1.20. The number of anilines is 1. The SMILES string of the molecule is CSCCCCCCNC(=O)c1cccc(N)c1. The quantitative estimate of drug-likeness (QED) is 0.562. The largest absolute Gasteiger partial charge is 0.399 e. The molecule has 100 valence electrons. The predicted molar refractivity (Wildman–Crippen MR) is 80.0 cm³/mol. The standard InChI is InChI=1S/C14H22N2OS/c1-18-10-5-3-2-4-9-16-14(17)12-7-6-8-13(15)11-12/h6-8,11H,2-5,9-10,15H2,1H3,(H,16,17). The molecule has 3 nitrogen and oxygen atoms in total. The minimum Gasteiger partial charge on any atom is -0.399 e. The van der Waals surface area contributed by atoms with Crippen molar-refractivity contribution in [1.82, 2.24) is 5.32 Å². The Bertz CT molecular complexity index is 369. The number of nitrogens with one attached hydrogen (secondary N) is 1. The summed E-state index contributed by atoms with van der Waals surface area (Å²) in [4.78, 5) is 11.8. The van der Waals surface area contributed by atoms with E-state index in [4.69, 9.17) is 5.73 Å². The fraction of sp³-hybridized carbons (Fsp3) is 0.500. The molecule has 1 aromatic rings. The smallest absolute Gasteiger partial charge is 0.251 e. The third-order valence-electron chi connectivity index (χ3n) is 2.71. The fourth-order valence-corrected chi connectivity index (χ4v) is 2.20. The average Bonchev–Trinajstić information content (AvgIpc) is 2.37. The molecule has 1 rings (SSSR count). The van der Waals surface area contributed by atoms with Crippen molar-refractivity contribution in [2.24, 2.45) is 0 Å². The molecular formula is C14H22N2OS. The Morgan fingerprint density at radius 3 is 2.78 bits per heavy atom.